The third-order valence-corrected chi connectivity index (χ3v) is 5.40. The number of rotatable bonds is 4. The van der Waals surface area contributed by atoms with Gasteiger partial charge in [0, 0.05) is 19.5 Å². The molecule has 5 nitrogen and oxygen atoms in total. The van der Waals surface area contributed by atoms with Gasteiger partial charge < -0.3 is 5.11 Å². The third-order valence-electron chi connectivity index (χ3n) is 3.49. The first-order valence-corrected chi connectivity index (χ1v) is 7.81. The highest BCUT2D eigenvalue weighted by Crippen LogP contribution is 2.25. The number of sulfonamides is 1. The van der Waals surface area contributed by atoms with Gasteiger partial charge in [0.25, 0.3) is 0 Å². The predicted molar refractivity (Wildman–Crippen MR) is 70.1 cm³/mol. The maximum absolute atomic E-state index is 12.8. The van der Waals surface area contributed by atoms with Crippen LogP contribution in [-0.2, 0) is 14.8 Å². The average Bonchev–Trinajstić information content (AvgIpc) is 2.39. The lowest BCUT2D eigenvalue weighted by atomic mass is 9.95. The largest absolute Gasteiger partial charge is 0.481 e. The fourth-order valence-corrected chi connectivity index (χ4v) is 3.83. The number of hydrogen-bond donors (Lipinski definition) is 1. The summed E-state index contributed by atoms with van der Waals surface area (Å²) in [6.07, 6.45) is 1.14. The summed E-state index contributed by atoms with van der Waals surface area (Å²) in [5.41, 5.74) is 0. The maximum Gasteiger partial charge on any atom is 0.303 e. The van der Waals surface area contributed by atoms with Gasteiger partial charge in [-0.15, -0.1) is 0 Å². The van der Waals surface area contributed by atoms with Crippen LogP contribution < -0.4 is 0 Å². The summed E-state index contributed by atoms with van der Waals surface area (Å²) in [5, 5.41) is 8.73. The number of carboxylic acids is 1. The first-order valence-electron chi connectivity index (χ1n) is 6.37. The van der Waals surface area contributed by atoms with E-state index in [2.05, 4.69) is 0 Å². The van der Waals surface area contributed by atoms with E-state index < -0.39 is 21.8 Å². The minimum Gasteiger partial charge on any atom is -0.481 e. The van der Waals surface area contributed by atoms with Crippen LogP contribution in [0.5, 0.6) is 0 Å². The summed E-state index contributed by atoms with van der Waals surface area (Å²) in [4.78, 5) is 10.7. The van der Waals surface area contributed by atoms with Crippen LogP contribution in [0.2, 0.25) is 0 Å². The van der Waals surface area contributed by atoms with E-state index in [-0.39, 0.29) is 17.2 Å². The summed E-state index contributed by atoms with van der Waals surface area (Å²) in [6.45, 7) is 0.606. The van der Waals surface area contributed by atoms with Crippen molar-refractivity contribution < 1.29 is 22.7 Å². The van der Waals surface area contributed by atoms with E-state index in [1.165, 1.54) is 16.4 Å². The van der Waals surface area contributed by atoms with Crippen molar-refractivity contribution in [2.45, 2.75) is 24.2 Å². The van der Waals surface area contributed by atoms with Gasteiger partial charge in [0.1, 0.15) is 5.82 Å². The standard InChI is InChI=1S/C13H16FNO4S/c14-11-1-3-12(4-2-11)20(18,19)15-7-5-10(6-8-15)9-13(16)17/h1-4,10H,5-9H2,(H,16,17). The SMILES string of the molecule is O=C(O)CC1CCN(S(=O)(=O)c2ccc(F)cc2)CC1. The second-order valence-electron chi connectivity index (χ2n) is 4.90. The number of piperidine rings is 1. The first kappa shape index (κ1) is 14.9. The molecule has 7 heteroatoms. The second-order valence-corrected chi connectivity index (χ2v) is 6.84. The summed E-state index contributed by atoms with van der Waals surface area (Å²) >= 11 is 0. The molecule has 1 N–H and O–H groups in total. The van der Waals surface area contributed by atoms with Crippen molar-refractivity contribution in [3.05, 3.63) is 30.1 Å². The van der Waals surface area contributed by atoms with E-state index >= 15 is 0 Å². The van der Waals surface area contributed by atoms with Crippen molar-refractivity contribution in [3.63, 3.8) is 0 Å². The van der Waals surface area contributed by atoms with Crippen LogP contribution in [0.15, 0.2) is 29.2 Å². The zero-order chi connectivity index (χ0) is 14.8. The zero-order valence-electron chi connectivity index (χ0n) is 10.8. The molecule has 0 atom stereocenters. The fourth-order valence-electron chi connectivity index (χ4n) is 2.36. The van der Waals surface area contributed by atoms with Crippen molar-refractivity contribution >= 4 is 16.0 Å². The number of hydrogen-bond acceptors (Lipinski definition) is 3. The van der Waals surface area contributed by atoms with Gasteiger partial charge in [0.05, 0.1) is 4.90 Å². The molecule has 1 heterocycles. The summed E-state index contributed by atoms with van der Waals surface area (Å²) in [5.74, 6) is -1.32. The Kier molecular flexibility index (Phi) is 4.39. The van der Waals surface area contributed by atoms with Crippen molar-refractivity contribution in [2.24, 2.45) is 5.92 Å². The Hall–Kier alpha value is -1.47. The van der Waals surface area contributed by atoms with E-state index in [4.69, 9.17) is 5.11 Å². The minimum atomic E-state index is -3.61. The number of nitrogens with zero attached hydrogens (tertiary/aromatic N) is 1. The molecule has 0 unspecified atom stereocenters. The highest BCUT2D eigenvalue weighted by atomic mass is 32.2. The van der Waals surface area contributed by atoms with Gasteiger partial charge in [-0.25, -0.2) is 12.8 Å². The number of benzene rings is 1. The summed E-state index contributed by atoms with van der Waals surface area (Å²) < 4.78 is 38.8. The van der Waals surface area contributed by atoms with E-state index in [1.807, 2.05) is 0 Å². The Bertz CT molecular complexity index is 577. The van der Waals surface area contributed by atoms with Crippen molar-refractivity contribution in [1.29, 1.82) is 0 Å². The van der Waals surface area contributed by atoms with Crippen LogP contribution in [0.25, 0.3) is 0 Å². The first-order chi connectivity index (χ1) is 9.39. The minimum absolute atomic E-state index is 0.0205. The summed E-state index contributed by atoms with van der Waals surface area (Å²) in [7, 11) is -3.61. The number of carboxylic acid groups (broad SMARTS) is 1. The van der Waals surface area contributed by atoms with Crippen LogP contribution in [-0.4, -0.2) is 36.9 Å². The van der Waals surface area contributed by atoms with Crippen molar-refractivity contribution in [1.82, 2.24) is 4.31 Å². The zero-order valence-corrected chi connectivity index (χ0v) is 11.6. The van der Waals surface area contributed by atoms with Crippen LogP contribution in [0.1, 0.15) is 19.3 Å². The quantitative estimate of drug-likeness (QED) is 0.918. The lowest BCUT2D eigenvalue weighted by Gasteiger charge is -2.30. The average molecular weight is 301 g/mol. The molecule has 0 spiro atoms. The molecule has 0 amide bonds. The fraction of sp³-hybridized carbons (Fsp3) is 0.462. The molecule has 1 aliphatic heterocycles. The molecule has 1 aliphatic rings. The molecule has 1 saturated heterocycles. The van der Waals surface area contributed by atoms with Gasteiger partial charge in [-0.3, -0.25) is 4.79 Å². The molecule has 0 saturated carbocycles. The van der Waals surface area contributed by atoms with Crippen LogP contribution >= 0.6 is 0 Å². The van der Waals surface area contributed by atoms with Crippen LogP contribution in [0, 0.1) is 11.7 Å². The van der Waals surface area contributed by atoms with Gasteiger partial charge in [-0.2, -0.15) is 4.31 Å². The topological polar surface area (TPSA) is 74.7 Å². The Morgan fingerprint density at radius 2 is 1.80 bits per heavy atom. The van der Waals surface area contributed by atoms with Crippen molar-refractivity contribution in [3.8, 4) is 0 Å². The van der Waals surface area contributed by atoms with Crippen LogP contribution in [0.3, 0.4) is 0 Å². The molecular formula is C13H16FNO4S. The molecule has 0 radical (unpaired) electrons. The van der Waals surface area contributed by atoms with Gasteiger partial charge >= 0.3 is 5.97 Å². The van der Waals surface area contributed by atoms with Gasteiger partial charge in [-0.05, 0) is 43.0 Å². The number of carbonyl (C=O) groups is 1. The predicted octanol–water partition coefficient (Wildman–Crippen LogP) is 1.70. The van der Waals surface area contributed by atoms with Crippen molar-refractivity contribution in [2.75, 3.05) is 13.1 Å². The normalized spacial score (nSPS) is 18.1. The van der Waals surface area contributed by atoms with E-state index in [0.717, 1.165) is 12.1 Å². The molecule has 1 aromatic rings. The van der Waals surface area contributed by atoms with Gasteiger partial charge in [0.15, 0.2) is 0 Å². The smallest absolute Gasteiger partial charge is 0.303 e. The summed E-state index contributed by atoms with van der Waals surface area (Å²) in [6, 6.07) is 4.72. The van der Waals surface area contributed by atoms with E-state index in [1.54, 1.807) is 0 Å². The molecule has 2 rings (SSSR count). The molecule has 0 aromatic heterocycles. The lowest BCUT2D eigenvalue weighted by Crippen LogP contribution is -2.38. The molecule has 0 aliphatic carbocycles. The monoisotopic (exact) mass is 301 g/mol. The Labute approximate surface area is 117 Å². The van der Waals surface area contributed by atoms with E-state index in [9.17, 15) is 17.6 Å². The molecule has 1 fully saturated rings. The third kappa shape index (κ3) is 3.34. The molecule has 20 heavy (non-hydrogen) atoms. The molecule has 0 bridgehead atoms. The van der Waals surface area contributed by atoms with Gasteiger partial charge in [-0.1, -0.05) is 0 Å². The Morgan fingerprint density at radius 3 is 2.30 bits per heavy atom. The molecule has 110 valence electrons. The maximum atomic E-state index is 12.8. The lowest BCUT2D eigenvalue weighted by molar-refractivity contribution is -0.138. The Balaban J connectivity index is 2.05. The number of halogens is 1. The highest BCUT2D eigenvalue weighted by molar-refractivity contribution is 7.89. The second kappa shape index (κ2) is 5.88. The van der Waals surface area contributed by atoms with E-state index in [0.29, 0.717) is 25.9 Å². The van der Waals surface area contributed by atoms with Gasteiger partial charge in [0.2, 0.25) is 10.0 Å². The number of aliphatic carboxylic acids is 1. The molecule has 1 aromatic carbocycles. The molecular weight excluding hydrogens is 285 g/mol. The highest BCUT2D eigenvalue weighted by Gasteiger charge is 2.30. The Morgan fingerprint density at radius 1 is 1.25 bits per heavy atom. The van der Waals surface area contributed by atoms with Crippen LogP contribution in [0.4, 0.5) is 4.39 Å².